The van der Waals surface area contributed by atoms with Crippen LogP contribution in [0.4, 0.5) is 4.79 Å². The minimum absolute atomic E-state index is 0.248. The number of nitrogens with one attached hydrogen (secondary N) is 2. The molecule has 1 saturated heterocycles. The van der Waals surface area contributed by atoms with Crippen LogP contribution in [0, 0.1) is 0 Å². The molecule has 1 aliphatic heterocycles. The summed E-state index contributed by atoms with van der Waals surface area (Å²) < 4.78 is 5.26. The highest BCUT2D eigenvalue weighted by molar-refractivity contribution is 6.08. The van der Waals surface area contributed by atoms with E-state index in [0.29, 0.717) is 18.6 Å². The summed E-state index contributed by atoms with van der Waals surface area (Å²) in [5, 5.41) is 5.47. The van der Waals surface area contributed by atoms with Crippen LogP contribution in [-0.2, 0) is 22.6 Å². The fourth-order valence-corrected chi connectivity index (χ4v) is 3.34. The second-order valence-corrected chi connectivity index (χ2v) is 7.23. The maximum absolute atomic E-state index is 12.8. The van der Waals surface area contributed by atoms with Crippen LogP contribution >= 0.6 is 0 Å². The number of urea groups is 1. The molecule has 2 aromatic rings. The van der Waals surface area contributed by atoms with E-state index in [0.717, 1.165) is 16.0 Å². The Bertz CT molecular complexity index is 900. The molecule has 29 heavy (non-hydrogen) atoms. The zero-order valence-corrected chi connectivity index (χ0v) is 16.6. The number of methoxy groups -OCH3 is 1. The van der Waals surface area contributed by atoms with Crippen molar-refractivity contribution in [3.8, 4) is 5.75 Å². The van der Waals surface area contributed by atoms with Crippen molar-refractivity contribution in [3.05, 3.63) is 65.7 Å². The van der Waals surface area contributed by atoms with Crippen molar-refractivity contribution in [2.45, 2.75) is 31.8 Å². The van der Waals surface area contributed by atoms with Crippen molar-refractivity contribution in [3.63, 3.8) is 0 Å². The van der Waals surface area contributed by atoms with Gasteiger partial charge in [0.15, 0.2) is 0 Å². The molecule has 0 aromatic heterocycles. The smallest absolute Gasteiger partial charge is 0.325 e. The molecule has 1 heterocycles. The molecule has 7 heteroatoms. The van der Waals surface area contributed by atoms with E-state index in [2.05, 4.69) is 10.6 Å². The fraction of sp³-hybridized carbons (Fsp3) is 0.318. The number of rotatable bonds is 8. The molecule has 4 amide bonds. The number of imide groups is 1. The fourth-order valence-electron chi connectivity index (χ4n) is 3.34. The molecule has 0 radical (unpaired) electrons. The highest BCUT2D eigenvalue weighted by atomic mass is 16.5. The van der Waals surface area contributed by atoms with Crippen molar-refractivity contribution in [1.82, 2.24) is 15.5 Å². The van der Waals surface area contributed by atoms with E-state index in [-0.39, 0.29) is 19.0 Å². The van der Waals surface area contributed by atoms with Crippen molar-refractivity contribution < 1.29 is 19.1 Å². The first-order chi connectivity index (χ1) is 13.9. The average Bonchev–Trinajstić information content (AvgIpc) is 2.95. The van der Waals surface area contributed by atoms with Gasteiger partial charge < -0.3 is 15.4 Å². The molecule has 2 aromatic carbocycles. The van der Waals surface area contributed by atoms with E-state index >= 15 is 0 Å². The van der Waals surface area contributed by atoms with E-state index in [4.69, 9.17) is 4.74 Å². The lowest BCUT2D eigenvalue weighted by Gasteiger charge is -2.21. The summed E-state index contributed by atoms with van der Waals surface area (Å²) in [6.45, 7) is 1.63. The third-order valence-electron chi connectivity index (χ3n) is 5.07. The van der Waals surface area contributed by atoms with E-state index in [1.54, 1.807) is 20.1 Å². The second-order valence-electron chi connectivity index (χ2n) is 7.23. The van der Waals surface area contributed by atoms with Crippen LogP contribution in [0.5, 0.6) is 5.75 Å². The van der Waals surface area contributed by atoms with Gasteiger partial charge in [0.2, 0.25) is 5.91 Å². The van der Waals surface area contributed by atoms with Crippen molar-refractivity contribution in [2.24, 2.45) is 0 Å². The highest BCUT2D eigenvalue weighted by Crippen LogP contribution is 2.23. The van der Waals surface area contributed by atoms with Gasteiger partial charge in [-0.05, 0) is 31.4 Å². The van der Waals surface area contributed by atoms with Crippen LogP contribution in [0.15, 0.2) is 54.6 Å². The third kappa shape index (κ3) is 4.74. The maximum Gasteiger partial charge on any atom is 0.325 e. The molecule has 3 rings (SSSR count). The summed E-state index contributed by atoms with van der Waals surface area (Å²) >= 11 is 0. The van der Waals surface area contributed by atoms with Gasteiger partial charge in [0.1, 0.15) is 17.8 Å². The number of ether oxygens (including phenoxy) is 1. The normalized spacial score (nSPS) is 18.5. The van der Waals surface area contributed by atoms with Gasteiger partial charge >= 0.3 is 6.03 Å². The molecule has 1 aliphatic rings. The molecular formula is C22H25N3O4. The van der Waals surface area contributed by atoms with E-state index in [1.165, 1.54) is 0 Å². The molecule has 1 unspecified atom stereocenters. The lowest BCUT2D eigenvalue weighted by molar-refractivity contribution is -0.134. The monoisotopic (exact) mass is 395 g/mol. The zero-order chi connectivity index (χ0) is 20.9. The number of hydrogen-bond acceptors (Lipinski definition) is 4. The summed E-state index contributed by atoms with van der Waals surface area (Å²) in [6.07, 6.45) is 1.11. The van der Waals surface area contributed by atoms with Crippen LogP contribution < -0.4 is 15.4 Å². The Hall–Kier alpha value is -3.35. The van der Waals surface area contributed by atoms with E-state index in [9.17, 15) is 14.4 Å². The van der Waals surface area contributed by atoms with E-state index in [1.807, 2.05) is 48.5 Å². The summed E-state index contributed by atoms with van der Waals surface area (Å²) in [5.74, 6) is -0.131. The first-order valence-electron chi connectivity index (χ1n) is 9.49. The Balaban J connectivity index is 1.57. The van der Waals surface area contributed by atoms with Gasteiger partial charge in [-0.25, -0.2) is 4.79 Å². The zero-order valence-electron chi connectivity index (χ0n) is 16.6. The lowest BCUT2D eigenvalue weighted by atomic mass is 9.93. The van der Waals surface area contributed by atoms with Gasteiger partial charge in [0.25, 0.3) is 5.91 Å². The predicted octanol–water partition coefficient (Wildman–Crippen LogP) is 2.25. The van der Waals surface area contributed by atoms with Gasteiger partial charge in [0.05, 0.1) is 7.11 Å². The standard InChI is InChI=1S/C22H25N3O4/c1-22(13-12-16-8-4-3-5-9-16)20(27)25(21(28)24-22)15-19(26)23-14-17-10-6-7-11-18(17)29-2/h3-11H,12-15H2,1-2H3,(H,23,26)(H,24,28). The summed E-state index contributed by atoms with van der Waals surface area (Å²) in [5.41, 5.74) is 0.882. The number of carbonyl (C=O) groups excluding carboxylic acids is 3. The lowest BCUT2D eigenvalue weighted by Crippen LogP contribution is -2.45. The van der Waals surface area contributed by atoms with Crippen LogP contribution in [0.3, 0.4) is 0 Å². The minimum atomic E-state index is -1.02. The van der Waals surface area contributed by atoms with Gasteiger partial charge in [-0.15, -0.1) is 0 Å². The Morgan fingerprint density at radius 2 is 1.79 bits per heavy atom. The van der Waals surface area contributed by atoms with Gasteiger partial charge in [-0.1, -0.05) is 48.5 Å². The Morgan fingerprint density at radius 3 is 2.52 bits per heavy atom. The van der Waals surface area contributed by atoms with Crippen molar-refractivity contribution in [1.29, 1.82) is 0 Å². The molecule has 0 saturated carbocycles. The Labute approximate surface area is 170 Å². The van der Waals surface area contributed by atoms with Gasteiger partial charge in [-0.2, -0.15) is 0 Å². The molecule has 1 atom stereocenters. The van der Waals surface area contributed by atoms with E-state index < -0.39 is 17.5 Å². The van der Waals surface area contributed by atoms with Crippen LogP contribution in [0.2, 0.25) is 0 Å². The molecule has 0 spiro atoms. The number of amides is 4. The predicted molar refractivity (Wildman–Crippen MR) is 108 cm³/mol. The largest absolute Gasteiger partial charge is 0.496 e. The number of benzene rings is 2. The molecule has 7 nitrogen and oxygen atoms in total. The topological polar surface area (TPSA) is 87.7 Å². The number of para-hydroxylation sites is 1. The van der Waals surface area contributed by atoms with Crippen molar-refractivity contribution >= 4 is 17.8 Å². The first-order valence-corrected chi connectivity index (χ1v) is 9.49. The quantitative estimate of drug-likeness (QED) is 0.671. The summed E-state index contributed by atoms with van der Waals surface area (Å²) in [4.78, 5) is 38.4. The molecular weight excluding hydrogens is 370 g/mol. The highest BCUT2D eigenvalue weighted by Gasteiger charge is 2.47. The third-order valence-corrected chi connectivity index (χ3v) is 5.07. The minimum Gasteiger partial charge on any atom is -0.496 e. The first kappa shape index (κ1) is 20.4. The summed E-state index contributed by atoms with van der Waals surface area (Å²) in [6, 6.07) is 16.5. The van der Waals surface area contributed by atoms with Gasteiger partial charge in [-0.3, -0.25) is 14.5 Å². The number of aryl methyl sites for hydroxylation is 1. The Morgan fingerprint density at radius 1 is 1.10 bits per heavy atom. The summed E-state index contributed by atoms with van der Waals surface area (Å²) in [7, 11) is 1.56. The Kier molecular flexibility index (Phi) is 6.16. The second kappa shape index (κ2) is 8.77. The van der Waals surface area contributed by atoms with Crippen LogP contribution in [-0.4, -0.2) is 41.9 Å². The van der Waals surface area contributed by atoms with Crippen LogP contribution in [0.1, 0.15) is 24.5 Å². The average molecular weight is 395 g/mol. The molecule has 0 aliphatic carbocycles. The molecule has 0 bridgehead atoms. The molecule has 1 fully saturated rings. The number of hydrogen-bond donors (Lipinski definition) is 2. The molecule has 2 N–H and O–H groups in total. The van der Waals surface area contributed by atoms with Crippen LogP contribution in [0.25, 0.3) is 0 Å². The van der Waals surface area contributed by atoms with Crippen molar-refractivity contribution in [2.75, 3.05) is 13.7 Å². The number of nitrogens with zero attached hydrogens (tertiary/aromatic N) is 1. The van der Waals surface area contributed by atoms with Gasteiger partial charge in [0, 0.05) is 12.1 Å². The molecule has 152 valence electrons. The number of carbonyl (C=O) groups is 3. The maximum atomic E-state index is 12.8. The SMILES string of the molecule is COc1ccccc1CNC(=O)CN1C(=O)NC(C)(CCc2ccccc2)C1=O.